The number of nitrogens with one attached hydrogen (secondary N) is 2. The summed E-state index contributed by atoms with van der Waals surface area (Å²) in [7, 11) is 0. The van der Waals surface area contributed by atoms with Gasteiger partial charge in [0.05, 0.1) is 10.2 Å². The van der Waals surface area contributed by atoms with E-state index >= 15 is 0 Å². The van der Waals surface area contributed by atoms with Crippen molar-refractivity contribution in [2.24, 2.45) is 0 Å². The molecule has 0 saturated carbocycles. The van der Waals surface area contributed by atoms with Gasteiger partial charge in [-0.05, 0) is 44.0 Å². The van der Waals surface area contributed by atoms with E-state index in [2.05, 4.69) is 16.4 Å². The maximum absolute atomic E-state index is 11.2. The smallest absolute Gasteiger partial charge is 0.248 e. The Hall–Kier alpha value is -1.13. The van der Waals surface area contributed by atoms with Crippen LogP contribution in [0.2, 0.25) is 0 Å². The molecule has 1 aliphatic heterocycles. The Morgan fingerprint density at radius 3 is 2.88 bits per heavy atom. The van der Waals surface area contributed by atoms with Crippen molar-refractivity contribution >= 4 is 21.6 Å². The molecule has 1 saturated heterocycles. The predicted molar refractivity (Wildman–Crippen MR) is 67.3 cm³/mol. The molecule has 0 spiro atoms. The molecular formula is C12H14N2OS. The lowest BCUT2D eigenvalue weighted by Gasteiger charge is -2.21. The van der Waals surface area contributed by atoms with Crippen LogP contribution in [0.25, 0.3) is 10.2 Å². The van der Waals surface area contributed by atoms with E-state index < -0.39 is 0 Å². The van der Waals surface area contributed by atoms with Crippen molar-refractivity contribution in [3.05, 3.63) is 33.4 Å². The van der Waals surface area contributed by atoms with Gasteiger partial charge >= 0.3 is 0 Å². The van der Waals surface area contributed by atoms with Crippen molar-refractivity contribution in [3.63, 3.8) is 0 Å². The highest BCUT2D eigenvalue weighted by molar-refractivity contribution is 7.19. The fraction of sp³-hybridized carbons (Fsp3) is 0.417. The topological polar surface area (TPSA) is 44.9 Å². The van der Waals surface area contributed by atoms with Crippen molar-refractivity contribution in [1.29, 1.82) is 0 Å². The SMILES string of the molecule is O=c1ccc2sc(C3CCNCC3)cc2[nH]1. The third-order valence-electron chi connectivity index (χ3n) is 3.17. The van der Waals surface area contributed by atoms with E-state index in [1.54, 1.807) is 6.07 Å². The second-order valence-electron chi connectivity index (χ2n) is 4.27. The number of aromatic nitrogens is 1. The van der Waals surface area contributed by atoms with E-state index in [1.807, 2.05) is 17.4 Å². The third kappa shape index (κ3) is 1.79. The number of piperidine rings is 1. The molecule has 1 aliphatic rings. The highest BCUT2D eigenvalue weighted by Crippen LogP contribution is 2.33. The maximum Gasteiger partial charge on any atom is 0.248 e. The van der Waals surface area contributed by atoms with Gasteiger partial charge in [0.1, 0.15) is 0 Å². The Morgan fingerprint density at radius 1 is 1.25 bits per heavy atom. The van der Waals surface area contributed by atoms with Crippen LogP contribution in [0.5, 0.6) is 0 Å². The van der Waals surface area contributed by atoms with Gasteiger partial charge in [-0.3, -0.25) is 4.79 Å². The van der Waals surface area contributed by atoms with Crippen LogP contribution in [0.4, 0.5) is 0 Å². The van der Waals surface area contributed by atoms with Crippen LogP contribution in [0, 0.1) is 0 Å². The predicted octanol–water partition coefficient (Wildman–Crippen LogP) is 2.06. The monoisotopic (exact) mass is 234 g/mol. The first-order valence-corrected chi connectivity index (χ1v) is 6.48. The Labute approximate surface area is 97.5 Å². The van der Waals surface area contributed by atoms with Gasteiger partial charge in [-0.25, -0.2) is 0 Å². The number of aromatic amines is 1. The van der Waals surface area contributed by atoms with Gasteiger partial charge in [-0.15, -0.1) is 11.3 Å². The zero-order valence-corrected chi connectivity index (χ0v) is 9.77. The molecule has 0 aliphatic carbocycles. The van der Waals surface area contributed by atoms with Crippen LogP contribution >= 0.6 is 11.3 Å². The number of thiophene rings is 1. The van der Waals surface area contributed by atoms with E-state index in [1.165, 1.54) is 22.4 Å². The van der Waals surface area contributed by atoms with Gasteiger partial charge < -0.3 is 10.3 Å². The van der Waals surface area contributed by atoms with Gasteiger partial charge in [0, 0.05) is 10.9 Å². The number of H-pyrrole nitrogens is 1. The number of fused-ring (bicyclic) bond motifs is 1. The Bertz CT molecular complexity index is 551. The average Bonchev–Trinajstić information content (AvgIpc) is 2.73. The molecule has 3 heterocycles. The van der Waals surface area contributed by atoms with Gasteiger partial charge in [0.2, 0.25) is 5.56 Å². The lowest BCUT2D eigenvalue weighted by atomic mass is 9.96. The minimum Gasteiger partial charge on any atom is -0.321 e. The molecule has 16 heavy (non-hydrogen) atoms. The molecule has 3 rings (SSSR count). The maximum atomic E-state index is 11.2. The minimum absolute atomic E-state index is 0.0119. The fourth-order valence-electron chi connectivity index (χ4n) is 2.28. The quantitative estimate of drug-likeness (QED) is 0.793. The van der Waals surface area contributed by atoms with Crippen LogP contribution < -0.4 is 10.9 Å². The van der Waals surface area contributed by atoms with E-state index in [4.69, 9.17) is 0 Å². The molecule has 84 valence electrons. The zero-order valence-electron chi connectivity index (χ0n) is 8.95. The standard InChI is InChI=1S/C12H14N2OS/c15-12-2-1-10-9(14-12)7-11(16-10)8-3-5-13-6-4-8/h1-2,7-8,13H,3-6H2,(H,14,15). The summed E-state index contributed by atoms with van der Waals surface area (Å²) in [5.41, 5.74) is 0.980. The first-order valence-electron chi connectivity index (χ1n) is 5.66. The second-order valence-corrected chi connectivity index (χ2v) is 5.39. The van der Waals surface area contributed by atoms with Crippen LogP contribution in [-0.2, 0) is 0 Å². The Morgan fingerprint density at radius 2 is 2.06 bits per heavy atom. The lowest BCUT2D eigenvalue weighted by Crippen LogP contribution is -2.26. The molecule has 3 nitrogen and oxygen atoms in total. The second kappa shape index (κ2) is 4.03. The summed E-state index contributed by atoms with van der Waals surface area (Å²) in [6.07, 6.45) is 2.41. The largest absolute Gasteiger partial charge is 0.321 e. The summed E-state index contributed by atoms with van der Waals surface area (Å²) in [5.74, 6) is 0.669. The van der Waals surface area contributed by atoms with Crippen LogP contribution in [-0.4, -0.2) is 18.1 Å². The van der Waals surface area contributed by atoms with Gasteiger partial charge in [-0.1, -0.05) is 0 Å². The van der Waals surface area contributed by atoms with Crippen molar-refractivity contribution in [2.75, 3.05) is 13.1 Å². The first-order chi connectivity index (χ1) is 7.83. The van der Waals surface area contributed by atoms with Crippen LogP contribution in [0.15, 0.2) is 23.0 Å². The molecule has 0 radical (unpaired) electrons. The summed E-state index contributed by atoms with van der Waals surface area (Å²) in [6, 6.07) is 5.67. The number of pyridine rings is 1. The van der Waals surface area contributed by atoms with Crippen LogP contribution in [0.1, 0.15) is 23.6 Å². The minimum atomic E-state index is -0.0119. The average molecular weight is 234 g/mol. The van der Waals surface area contributed by atoms with E-state index in [-0.39, 0.29) is 5.56 Å². The van der Waals surface area contributed by atoms with Crippen LogP contribution in [0.3, 0.4) is 0 Å². The molecule has 0 aromatic carbocycles. The lowest BCUT2D eigenvalue weighted by molar-refractivity contribution is 0.465. The summed E-state index contributed by atoms with van der Waals surface area (Å²) in [6.45, 7) is 2.21. The molecule has 4 heteroatoms. The first kappa shape index (κ1) is 10.1. The van der Waals surface area contributed by atoms with Gasteiger partial charge in [-0.2, -0.15) is 0 Å². The number of hydrogen-bond acceptors (Lipinski definition) is 3. The summed E-state index contributed by atoms with van der Waals surface area (Å²) >= 11 is 1.81. The molecule has 2 aromatic heterocycles. The van der Waals surface area contributed by atoms with Gasteiger partial charge in [0.25, 0.3) is 0 Å². The molecule has 2 aromatic rings. The molecular weight excluding hydrogens is 220 g/mol. The Kier molecular flexibility index (Phi) is 2.53. The third-order valence-corrected chi connectivity index (χ3v) is 4.43. The number of hydrogen-bond donors (Lipinski definition) is 2. The fourth-order valence-corrected chi connectivity index (χ4v) is 3.47. The zero-order chi connectivity index (χ0) is 11.0. The highest BCUT2D eigenvalue weighted by Gasteiger charge is 2.17. The molecule has 0 bridgehead atoms. The summed E-state index contributed by atoms with van der Waals surface area (Å²) < 4.78 is 1.19. The van der Waals surface area contributed by atoms with Gasteiger partial charge in [0.15, 0.2) is 0 Å². The normalized spacial score (nSPS) is 18.0. The van der Waals surface area contributed by atoms with Crippen molar-refractivity contribution in [2.45, 2.75) is 18.8 Å². The van der Waals surface area contributed by atoms with Crippen molar-refractivity contribution in [1.82, 2.24) is 10.3 Å². The molecule has 0 unspecified atom stereocenters. The molecule has 1 fully saturated rings. The van der Waals surface area contributed by atoms with E-state index in [0.717, 1.165) is 18.6 Å². The number of rotatable bonds is 1. The summed E-state index contributed by atoms with van der Waals surface area (Å²) in [4.78, 5) is 15.5. The van der Waals surface area contributed by atoms with Crippen molar-refractivity contribution in [3.8, 4) is 0 Å². The Balaban J connectivity index is 2.00. The summed E-state index contributed by atoms with van der Waals surface area (Å²) in [5, 5.41) is 3.37. The van der Waals surface area contributed by atoms with E-state index in [9.17, 15) is 4.79 Å². The van der Waals surface area contributed by atoms with Crippen molar-refractivity contribution < 1.29 is 0 Å². The molecule has 0 atom stereocenters. The molecule has 0 amide bonds. The highest BCUT2D eigenvalue weighted by atomic mass is 32.1. The van der Waals surface area contributed by atoms with E-state index in [0.29, 0.717) is 5.92 Å². The molecule has 2 N–H and O–H groups in total.